The molecule has 102 valence electrons. The first-order valence-corrected chi connectivity index (χ1v) is 6.72. The smallest absolute Gasteiger partial charge is 0.227 e. The van der Waals surface area contributed by atoms with Gasteiger partial charge >= 0.3 is 0 Å². The molecule has 0 aromatic heterocycles. The lowest BCUT2D eigenvalue weighted by molar-refractivity contribution is -0.132. The van der Waals surface area contributed by atoms with Crippen LogP contribution in [0.4, 0.5) is 0 Å². The first kappa shape index (κ1) is 15.2. The quantitative estimate of drug-likeness (QED) is 0.815. The fourth-order valence-electron chi connectivity index (χ4n) is 1.97. The van der Waals surface area contributed by atoms with Gasteiger partial charge in [0, 0.05) is 12.6 Å². The van der Waals surface area contributed by atoms with E-state index in [4.69, 9.17) is 5.26 Å². The molecule has 1 amide bonds. The van der Waals surface area contributed by atoms with Crippen molar-refractivity contribution in [2.75, 3.05) is 6.54 Å². The molecule has 0 saturated heterocycles. The molecule has 0 aliphatic carbocycles. The van der Waals surface area contributed by atoms with E-state index >= 15 is 0 Å². The van der Waals surface area contributed by atoms with Crippen LogP contribution in [-0.4, -0.2) is 23.4 Å². The first-order valence-electron chi connectivity index (χ1n) is 6.72. The summed E-state index contributed by atoms with van der Waals surface area (Å²) in [6.45, 7) is 9.10. The minimum Gasteiger partial charge on any atom is -0.340 e. The van der Waals surface area contributed by atoms with Crippen LogP contribution < -0.4 is 0 Å². The summed E-state index contributed by atoms with van der Waals surface area (Å²) in [5, 5.41) is 8.75. The maximum absolute atomic E-state index is 12.3. The summed E-state index contributed by atoms with van der Waals surface area (Å²) in [5.74, 6) is 0.612. The predicted octanol–water partition coefficient (Wildman–Crippen LogP) is 2.99. The normalized spacial score (nSPS) is 10.6. The van der Waals surface area contributed by atoms with Gasteiger partial charge in [-0.2, -0.15) is 5.26 Å². The molecule has 3 nitrogen and oxygen atoms in total. The Hall–Kier alpha value is -1.82. The van der Waals surface area contributed by atoms with E-state index in [1.807, 2.05) is 30.9 Å². The van der Waals surface area contributed by atoms with Gasteiger partial charge in [0.05, 0.1) is 18.1 Å². The van der Waals surface area contributed by atoms with Crippen molar-refractivity contribution in [1.82, 2.24) is 4.90 Å². The van der Waals surface area contributed by atoms with Crippen molar-refractivity contribution in [2.24, 2.45) is 5.92 Å². The Labute approximate surface area is 115 Å². The summed E-state index contributed by atoms with van der Waals surface area (Å²) in [7, 11) is 0. The van der Waals surface area contributed by atoms with Crippen LogP contribution in [0.3, 0.4) is 0 Å². The van der Waals surface area contributed by atoms with Gasteiger partial charge in [0.2, 0.25) is 5.91 Å². The average molecular weight is 258 g/mol. The van der Waals surface area contributed by atoms with E-state index in [1.54, 1.807) is 12.1 Å². The zero-order valence-electron chi connectivity index (χ0n) is 12.2. The Morgan fingerprint density at radius 1 is 1.21 bits per heavy atom. The lowest BCUT2D eigenvalue weighted by atomic mass is 10.1. The largest absolute Gasteiger partial charge is 0.340 e. The molecule has 1 rings (SSSR count). The molecule has 1 aromatic carbocycles. The minimum absolute atomic E-state index is 0.147. The molecule has 3 heteroatoms. The van der Waals surface area contributed by atoms with E-state index in [0.29, 0.717) is 17.9 Å². The molecule has 0 atom stereocenters. The number of benzene rings is 1. The second-order valence-electron chi connectivity index (χ2n) is 5.52. The van der Waals surface area contributed by atoms with E-state index in [2.05, 4.69) is 19.9 Å². The van der Waals surface area contributed by atoms with Crippen LogP contribution in [0.15, 0.2) is 24.3 Å². The van der Waals surface area contributed by atoms with Crippen molar-refractivity contribution < 1.29 is 4.79 Å². The third-order valence-electron chi connectivity index (χ3n) is 2.94. The third kappa shape index (κ3) is 4.75. The molecule has 0 bridgehead atoms. The summed E-state index contributed by atoms with van der Waals surface area (Å²) >= 11 is 0. The highest BCUT2D eigenvalue weighted by Gasteiger charge is 2.18. The second-order valence-corrected chi connectivity index (χ2v) is 5.52. The van der Waals surface area contributed by atoms with E-state index in [0.717, 1.165) is 12.1 Å². The highest BCUT2D eigenvalue weighted by Crippen LogP contribution is 2.10. The van der Waals surface area contributed by atoms with Crippen LogP contribution in [0.1, 0.15) is 38.8 Å². The first-order chi connectivity index (χ1) is 8.93. The van der Waals surface area contributed by atoms with Gasteiger partial charge < -0.3 is 4.90 Å². The van der Waals surface area contributed by atoms with Crippen molar-refractivity contribution in [2.45, 2.75) is 40.2 Å². The van der Waals surface area contributed by atoms with Crippen molar-refractivity contribution in [3.8, 4) is 6.07 Å². The highest BCUT2D eigenvalue weighted by molar-refractivity contribution is 5.79. The van der Waals surface area contributed by atoms with Gasteiger partial charge in [0.15, 0.2) is 0 Å². The molecule has 0 unspecified atom stereocenters. The monoisotopic (exact) mass is 258 g/mol. The summed E-state index contributed by atoms with van der Waals surface area (Å²) in [6.07, 6.45) is 0.399. The molecular weight excluding hydrogens is 236 g/mol. The lowest BCUT2D eigenvalue weighted by Gasteiger charge is -2.28. The van der Waals surface area contributed by atoms with Gasteiger partial charge in [-0.1, -0.05) is 26.0 Å². The summed E-state index contributed by atoms with van der Waals surface area (Å²) in [5.41, 5.74) is 1.58. The van der Waals surface area contributed by atoms with Gasteiger partial charge in [-0.15, -0.1) is 0 Å². The number of hydrogen-bond acceptors (Lipinski definition) is 2. The van der Waals surface area contributed by atoms with Crippen LogP contribution >= 0.6 is 0 Å². The minimum atomic E-state index is 0.147. The molecular formula is C16H22N2O. The third-order valence-corrected chi connectivity index (χ3v) is 2.94. The van der Waals surface area contributed by atoms with Crippen molar-refractivity contribution in [3.63, 3.8) is 0 Å². The molecule has 0 radical (unpaired) electrons. The Morgan fingerprint density at radius 2 is 1.79 bits per heavy atom. The second kappa shape index (κ2) is 6.94. The molecule has 0 saturated carbocycles. The summed E-state index contributed by atoms with van der Waals surface area (Å²) in [4.78, 5) is 14.2. The SMILES string of the molecule is CC(C)CN(C(=O)Cc1ccc(C#N)cc1)C(C)C. The molecule has 0 spiro atoms. The number of hydrogen-bond donors (Lipinski definition) is 0. The highest BCUT2D eigenvalue weighted by atomic mass is 16.2. The van der Waals surface area contributed by atoms with Gasteiger partial charge in [0.25, 0.3) is 0 Å². The number of nitrogens with zero attached hydrogens (tertiary/aromatic N) is 2. The number of carbonyl (C=O) groups excluding carboxylic acids is 1. The standard InChI is InChI=1S/C16H22N2O/c1-12(2)11-18(13(3)4)16(19)9-14-5-7-15(10-17)8-6-14/h5-8,12-13H,9,11H2,1-4H3. The van der Waals surface area contributed by atoms with Gasteiger partial charge in [0.1, 0.15) is 0 Å². The van der Waals surface area contributed by atoms with Crippen molar-refractivity contribution >= 4 is 5.91 Å². The fraction of sp³-hybridized carbons (Fsp3) is 0.500. The number of nitriles is 1. The molecule has 0 heterocycles. The van der Waals surface area contributed by atoms with Gasteiger partial charge in [-0.25, -0.2) is 0 Å². The van der Waals surface area contributed by atoms with Crippen LogP contribution in [-0.2, 0) is 11.2 Å². The molecule has 0 aliphatic heterocycles. The molecule has 19 heavy (non-hydrogen) atoms. The number of carbonyl (C=O) groups is 1. The zero-order chi connectivity index (χ0) is 14.4. The Morgan fingerprint density at radius 3 is 2.21 bits per heavy atom. The van der Waals surface area contributed by atoms with Crippen LogP contribution in [0, 0.1) is 17.2 Å². The van der Waals surface area contributed by atoms with E-state index < -0.39 is 0 Å². The van der Waals surface area contributed by atoms with E-state index in [-0.39, 0.29) is 11.9 Å². The average Bonchev–Trinajstić information content (AvgIpc) is 2.36. The number of rotatable bonds is 5. The van der Waals surface area contributed by atoms with E-state index in [9.17, 15) is 4.79 Å². The Bertz CT molecular complexity index is 455. The molecule has 0 N–H and O–H groups in total. The summed E-state index contributed by atoms with van der Waals surface area (Å²) in [6, 6.07) is 9.51. The van der Waals surface area contributed by atoms with Crippen molar-refractivity contribution in [3.05, 3.63) is 35.4 Å². The Balaban J connectivity index is 2.73. The van der Waals surface area contributed by atoms with Crippen LogP contribution in [0.5, 0.6) is 0 Å². The maximum atomic E-state index is 12.3. The zero-order valence-corrected chi connectivity index (χ0v) is 12.2. The maximum Gasteiger partial charge on any atom is 0.227 e. The fourth-order valence-corrected chi connectivity index (χ4v) is 1.97. The van der Waals surface area contributed by atoms with Crippen LogP contribution in [0.25, 0.3) is 0 Å². The van der Waals surface area contributed by atoms with Gasteiger partial charge in [-0.05, 0) is 37.5 Å². The predicted molar refractivity (Wildman–Crippen MR) is 76.5 cm³/mol. The lowest BCUT2D eigenvalue weighted by Crippen LogP contribution is -2.40. The van der Waals surface area contributed by atoms with Crippen molar-refractivity contribution in [1.29, 1.82) is 5.26 Å². The Kier molecular flexibility index (Phi) is 5.57. The molecule has 0 fully saturated rings. The van der Waals surface area contributed by atoms with E-state index in [1.165, 1.54) is 0 Å². The number of amides is 1. The van der Waals surface area contributed by atoms with Gasteiger partial charge in [-0.3, -0.25) is 4.79 Å². The molecule has 1 aromatic rings. The molecule has 0 aliphatic rings. The topological polar surface area (TPSA) is 44.1 Å². The summed E-state index contributed by atoms with van der Waals surface area (Å²) < 4.78 is 0. The van der Waals surface area contributed by atoms with Crippen LogP contribution in [0.2, 0.25) is 0 Å².